The number of nitrogens with one attached hydrogen (secondary N) is 2. The molecule has 2 heterocycles. The van der Waals surface area contributed by atoms with Gasteiger partial charge in [0.05, 0.1) is 0 Å². The van der Waals surface area contributed by atoms with Crippen LogP contribution in [0.15, 0.2) is 35.1 Å². The second-order valence-electron chi connectivity index (χ2n) is 8.98. The number of carbonyl (C=O) groups excluding carboxylic acids is 2. The van der Waals surface area contributed by atoms with Crippen molar-refractivity contribution in [2.24, 2.45) is 0 Å². The lowest BCUT2D eigenvalue weighted by Gasteiger charge is -2.32. The summed E-state index contributed by atoms with van der Waals surface area (Å²) in [4.78, 5) is 37.7. The largest absolute Gasteiger partial charge is 0.483 e. The van der Waals surface area contributed by atoms with Crippen molar-refractivity contribution in [1.82, 2.24) is 20.4 Å². The molecule has 1 aliphatic heterocycles. The Labute approximate surface area is 182 Å². The molecule has 0 radical (unpaired) electrons. The van der Waals surface area contributed by atoms with E-state index in [2.05, 4.69) is 42.4 Å². The number of hydrogen-bond acceptors (Lipinski definition) is 5. The van der Waals surface area contributed by atoms with Crippen LogP contribution in [0.3, 0.4) is 0 Å². The number of ether oxygens (including phenoxy) is 1. The van der Waals surface area contributed by atoms with Crippen molar-refractivity contribution in [3.63, 3.8) is 0 Å². The zero-order chi connectivity index (χ0) is 22.6. The molecule has 2 aromatic rings. The molecule has 0 spiro atoms. The van der Waals surface area contributed by atoms with Crippen LogP contribution < -0.4 is 15.6 Å². The topological polar surface area (TPSA) is 104 Å². The van der Waals surface area contributed by atoms with Gasteiger partial charge in [-0.2, -0.15) is 5.10 Å². The van der Waals surface area contributed by atoms with Crippen molar-refractivity contribution < 1.29 is 14.3 Å². The number of aryl methyl sites for hydroxylation is 1. The molecule has 166 valence electrons. The van der Waals surface area contributed by atoms with Gasteiger partial charge in [0.1, 0.15) is 11.4 Å². The number of nitrogens with zero attached hydrogens (tertiary/aromatic N) is 2. The summed E-state index contributed by atoms with van der Waals surface area (Å²) in [5.41, 5.74) is 2.00. The van der Waals surface area contributed by atoms with Crippen molar-refractivity contribution in [3.05, 3.63) is 57.5 Å². The number of likely N-dealkylation sites (tertiary alicyclic amines) is 1. The Balaban J connectivity index is 1.49. The Morgan fingerprint density at radius 2 is 1.90 bits per heavy atom. The van der Waals surface area contributed by atoms with Crippen LogP contribution in [0, 0.1) is 6.92 Å². The fourth-order valence-corrected chi connectivity index (χ4v) is 3.62. The average molecular weight is 427 g/mol. The lowest BCUT2D eigenvalue weighted by atomic mass is 9.85. The van der Waals surface area contributed by atoms with Crippen LogP contribution in [-0.4, -0.2) is 52.6 Å². The van der Waals surface area contributed by atoms with Crippen LogP contribution in [0.2, 0.25) is 0 Å². The maximum atomic E-state index is 12.5. The number of piperidine rings is 1. The fraction of sp³-hybridized carbons (Fsp3) is 0.478. The van der Waals surface area contributed by atoms with Crippen molar-refractivity contribution >= 4 is 11.8 Å². The molecule has 0 saturated carbocycles. The van der Waals surface area contributed by atoms with E-state index in [1.165, 1.54) is 12.1 Å². The molecule has 1 aromatic heterocycles. The van der Waals surface area contributed by atoms with Gasteiger partial charge < -0.3 is 15.0 Å². The van der Waals surface area contributed by atoms with Crippen LogP contribution in [0.1, 0.15) is 55.2 Å². The van der Waals surface area contributed by atoms with Gasteiger partial charge in [0, 0.05) is 25.2 Å². The van der Waals surface area contributed by atoms with E-state index >= 15 is 0 Å². The van der Waals surface area contributed by atoms with Crippen molar-refractivity contribution in [2.45, 2.75) is 52.0 Å². The van der Waals surface area contributed by atoms with Gasteiger partial charge in [-0.15, -0.1) is 0 Å². The van der Waals surface area contributed by atoms with Gasteiger partial charge in [-0.3, -0.25) is 14.4 Å². The van der Waals surface area contributed by atoms with E-state index in [1.54, 1.807) is 4.90 Å². The number of rotatable bonds is 5. The molecule has 31 heavy (non-hydrogen) atoms. The fourth-order valence-electron chi connectivity index (χ4n) is 3.62. The van der Waals surface area contributed by atoms with Crippen LogP contribution in [0.25, 0.3) is 0 Å². The summed E-state index contributed by atoms with van der Waals surface area (Å²) in [6.45, 7) is 9.36. The first-order chi connectivity index (χ1) is 14.6. The Hall–Kier alpha value is -3.16. The highest BCUT2D eigenvalue weighted by molar-refractivity contribution is 5.92. The summed E-state index contributed by atoms with van der Waals surface area (Å²) in [5, 5.41) is 9.06. The first kappa shape index (κ1) is 22.5. The van der Waals surface area contributed by atoms with Gasteiger partial charge in [0.25, 0.3) is 17.4 Å². The Morgan fingerprint density at radius 3 is 2.52 bits per heavy atom. The molecular weight excluding hydrogens is 396 g/mol. The van der Waals surface area contributed by atoms with E-state index in [1.807, 2.05) is 19.1 Å². The minimum Gasteiger partial charge on any atom is -0.483 e. The standard InChI is InChI=1S/C23H30N4O4/c1-15-5-7-19(17(13-15)23(2,3)4)31-14-21(29)24-16-9-11-27(12-10-16)22(30)18-6-8-20(28)26-25-18/h5-8,13,16H,9-12,14H2,1-4H3,(H,24,29)(H,26,28). The lowest BCUT2D eigenvalue weighted by molar-refractivity contribution is -0.124. The van der Waals surface area contributed by atoms with Crippen molar-refractivity contribution in [1.29, 1.82) is 0 Å². The number of aromatic amines is 1. The monoisotopic (exact) mass is 426 g/mol. The zero-order valence-electron chi connectivity index (χ0n) is 18.5. The highest BCUT2D eigenvalue weighted by Crippen LogP contribution is 2.32. The molecule has 0 unspecified atom stereocenters. The highest BCUT2D eigenvalue weighted by atomic mass is 16.5. The number of aromatic nitrogens is 2. The highest BCUT2D eigenvalue weighted by Gasteiger charge is 2.26. The van der Waals surface area contributed by atoms with E-state index in [9.17, 15) is 14.4 Å². The van der Waals surface area contributed by atoms with Crippen LogP contribution in [0.4, 0.5) is 0 Å². The minimum absolute atomic E-state index is 0.0104. The summed E-state index contributed by atoms with van der Waals surface area (Å²) in [6, 6.07) is 8.68. The second-order valence-corrected chi connectivity index (χ2v) is 8.98. The Bertz CT molecular complexity index is 981. The van der Waals surface area contributed by atoms with Crippen LogP contribution in [-0.2, 0) is 10.2 Å². The third kappa shape index (κ3) is 5.93. The van der Waals surface area contributed by atoms with Gasteiger partial charge in [0.2, 0.25) is 0 Å². The maximum absolute atomic E-state index is 12.5. The van der Waals surface area contributed by atoms with E-state index in [-0.39, 0.29) is 41.1 Å². The van der Waals surface area contributed by atoms with Gasteiger partial charge in [0.15, 0.2) is 6.61 Å². The molecule has 1 saturated heterocycles. The molecule has 1 fully saturated rings. The normalized spacial score (nSPS) is 14.9. The molecule has 8 heteroatoms. The third-order valence-corrected chi connectivity index (χ3v) is 5.35. The Kier molecular flexibility index (Phi) is 6.77. The van der Waals surface area contributed by atoms with E-state index in [0.717, 1.165) is 16.9 Å². The molecule has 0 atom stereocenters. The van der Waals surface area contributed by atoms with Gasteiger partial charge >= 0.3 is 0 Å². The summed E-state index contributed by atoms with van der Waals surface area (Å²) in [7, 11) is 0. The summed E-state index contributed by atoms with van der Waals surface area (Å²) in [6.07, 6.45) is 1.30. The third-order valence-electron chi connectivity index (χ3n) is 5.35. The first-order valence-corrected chi connectivity index (χ1v) is 10.5. The molecule has 8 nitrogen and oxygen atoms in total. The average Bonchev–Trinajstić information content (AvgIpc) is 2.73. The number of H-pyrrole nitrogens is 1. The number of carbonyl (C=O) groups is 2. The predicted molar refractivity (Wildman–Crippen MR) is 117 cm³/mol. The van der Waals surface area contributed by atoms with Crippen molar-refractivity contribution in [2.75, 3.05) is 19.7 Å². The first-order valence-electron chi connectivity index (χ1n) is 10.5. The van der Waals surface area contributed by atoms with Gasteiger partial charge in [-0.1, -0.05) is 38.5 Å². The second kappa shape index (κ2) is 9.32. The molecule has 1 aliphatic rings. The molecule has 2 N–H and O–H groups in total. The zero-order valence-corrected chi connectivity index (χ0v) is 18.5. The van der Waals surface area contributed by atoms with E-state index in [0.29, 0.717) is 25.9 Å². The quantitative estimate of drug-likeness (QED) is 0.763. The smallest absolute Gasteiger partial charge is 0.274 e. The summed E-state index contributed by atoms with van der Waals surface area (Å²) < 4.78 is 5.83. The van der Waals surface area contributed by atoms with Crippen molar-refractivity contribution in [3.8, 4) is 5.75 Å². The molecule has 0 aliphatic carbocycles. The molecule has 3 rings (SSSR count). The maximum Gasteiger partial charge on any atom is 0.274 e. The number of hydrogen-bond donors (Lipinski definition) is 2. The number of benzene rings is 1. The van der Waals surface area contributed by atoms with Crippen LogP contribution >= 0.6 is 0 Å². The molecule has 1 aromatic carbocycles. The Morgan fingerprint density at radius 1 is 1.19 bits per heavy atom. The lowest BCUT2D eigenvalue weighted by Crippen LogP contribution is -2.47. The SMILES string of the molecule is Cc1ccc(OCC(=O)NC2CCN(C(=O)c3ccc(=O)[nH]n3)CC2)c(C(C)(C)C)c1. The molecular formula is C23H30N4O4. The van der Waals surface area contributed by atoms with E-state index in [4.69, 9.17) is 4.74 Å². The van der Waals surface area contributed by atoms with Crippen LogP contribution in [0.5, 0.6) is 5.75 Å². The summed E-state index contributed by atoms with van der Waals surface area (Å²) >= 11 is 0. The predicted octanol–water partition coefficient (Wildman–Crippen LogP) is 2.18. The van der Waals surface area contributed by atoms with E-state index < -0.39 is 0 Å². The summed E-state index contributed by atoms with van der Waals surface area (Å²) in [5.74, 6) is 0.327. The number of amides is 2. The molecule has 0 bridgehead atoms. The van der Waals surface area contributed by atoms with Gasteiger partial charge in [-0.25, -0.2) is 5.10 Å². The minimum atomic E-state index is -0.347. The van der Waals surface area contributed by atoms with Gasteiger partial charge in [-0.05, 0) is 42.9 Å². The molecule has 2 amide bonds.